The third-order valence-corrected chi connectivity index (χ3v) is 3.90. The number of rotatable bonds is 4. The van der Waals surface area contributed by atoms with Crippen molar-refractivity contribution in [2.24, 2.45) is 0 Å². The Balaban J connectivity index is 2.30. The van der Waals surface area contributed by atoms with Crippen molar-refractivity contribution in [1.82, 2.24) is 0 Å². The summed E-state index contributed by atoms with van der Waals surface area (Å²) in [6.07, 6.45) is 0.937. The first-order valence-corrected chi connectivity index (χ1v) is 6.59. The number of carboxylic acids is 1. The monoisotopic (exact) mass is 268 g/mol. The van der Waals surface area contributed by atoms with Crippen molar-refractivity contribution < 1.29 is 14.8 Å². The van der Waals surface area contributed by atoms with Crippen molar-refractivity contribution in [2.45, 2.75) is 12.5 Å². The number of hydrogen-bond acceptors (Lipinski definition) is 5. The van der Waals surface area contributed by atoms with Crippen LogP contribution in [0.1, 0.15) is 16.8 Å². The fourth-order valence-electron chi connectivity index (χ4n) is 1.82. The van der Waals surface area contributed by atoms with Crippen molar-refractivity contribution >= 4 is 29.1 Å². The Kier molecular flexibility index (Phi) is 3.71. The molecule has 1 atom stereocenters. The Morgan fingerprint density at radius 1 is 1.56 bits per heavy atom. The highest BCUT2D eigenvalue weighted by molar-refractivity contribution is 7.99. The SMILES string of the molecule is O=C(O)c1ccc([N+](=O)[O-])cc1NC1CCSC1. The molecule has 1 aliphatic rings. The van der Waals surface area contributed by atoms with Gasteiger partial charge in [-0.25, -0.2) is 4.79 Å². The van der Waals surface area contributed by atoms with E-state index in [0.29, 0.717) is 5.69 Å². The highest BCUT2D eigenvalue weighted by Gasteiger charge is 2.20. The molecule has 1 heterocycles. The smallest absolute Gasteiger partial charge is 0.337 e. The summed E-state index contributed by atoms with van der Waals surface area (Å²) in [6.45, 7) is 0. The van der Waals surface area contributed by atoms with Gasteiger partial charge < -0.3 is 10.4 Å². The Morgan fingerprint density at radius 3 is 2.89 bits per heavy atom. The summed E-state index contributed by atoms with van der Waals surface area (Å²) >= 11 is 1.78. The van der Waals surface area contributed by atoms with E-state index < -0.39 is 10.9 Å². The predicted molar refractivity (Wildman–Crippen MR) is 69.4 cm³/mol. The molecule has 2 N–H and O–H groups in total. The van der Waals surface area contributed by atoms with E-state index in [1.165, 1.54) is 18.2 Å². The molecule has 1 aromatic carbocycles. The highest BCUT2D eigenvalue weighted by Crippen LogP contribution is 2.27. The summed E-state index contributed by atoms with van der Waals surface area (Å²) in [4.78, 5) is 21.2. The van der Waals surface area contributed by atoms with Gasteiger partial charge in [0.15, 0.2) is 0 Å². The van der Waals surface area contributed by atoms with Gasteiger partial charge in [-0.3, -0.25) is 10.1 Å². The van der Waals surface area contributed by atoms with Crippen molar-refractivity contribution in [3.05, 3.63) is 33.9 Å². The van der Waals surface area contributed by atoms with Gasteiger partial charge in [-0.15, -0.1) is 0 Å². The Morgan fingerprint density at radius 2 is 2.33 bits per heavy atom. The second kappa shape index (κ2) is 5.26. The van der Waals surface area contributed by atoms with E-state index in [0.717, 1.165) is 17.9 Å². The third-order valence-electron chi connectivity index (χ3n) is 2.73. The molecule has 96 valence electrons. The summed E-state index contributed by atoms with van der Waals surface area (Å²) in [6, 6.07) is 3.94. The Hall–Kier alpha value is -1.76. The zero-order valence-corrected chi connectivity index (χ0v) is 10.3. The van der Waals surface area contributed by atoms with E-state index in [2.05, 4.69) is 5.32 Å². The molecule has 1 aliphatic heterocycles. The molecule has 7 heteroatoms. The van der Waals surface area contributed by atoms with Crippen LogP contribution in [0.25, 0.3) is 0 Å². The molecule has 0 saturated carbocycles. The number of hydrogen-bond donors (Lipinski definition) is 2. The van der Waals surface area contributed by atoms with Gasteiger partial charge in [-0.1, -0.05) is 0 Å². The van der Waals surface area contributed by atoms with E-state index in [-0.39, 0.29) is 17.3 Å². The molecule has 1 saturated heterocycles. The minimum absolute atomic E-state index is 0.0671. The lowest BCUT2D eigenvalue weighted by molar-refractivity contribution is -0.384. The zero-order valence-electron chi connectivity index (χ0n) is 9.46. The van der Waals surface area contributed by atoms with Crippen molar-refractivity contribution in [2.75, 3.05) is 16.8 Å². The van der Waals surface area contributed by atoms with Crippen molar-refractivity contribution in [3.63, 3.8) is 0 Å². The van der Waals surface area contributed by atoms with Crippen LogP contribution in [0.5, 0.6) is 0 Å². The minimum atomic E-state index is -1.09. The fraction of sp³-hybridized carbons (Fsp3) is 0.364. The topological polar surface area (TPSA) is 92.5 Å². The summed E-state index contributed by atoms with van der Waals surface area (Å²) in [5, 5.41) is 22.8. The second-order valence-corrected chi connectivity index (χ2v) is 5.15. The zero-order chi connectivity index (χ0) is 13.1. The van der Waals surface area contributed by atoms with Crippen LogP contribution < -0.4 is 5.32 Å². The summed E-state index contributed by atoms with van der Waals surface area (Å²) < 4.78 is 0. The number of nitro groups is 1. The molecule has 18 heavy (non-hydrogen) atoms. The van der Waals surface area contributed by atoms with Crippen molar-refractivity contribution in [3.8, 4) is 0 Å². The number of nitrogens with zero attached hydrogens (tertiary/aromatic N) is 1. The maximum Gasteiger partial charge on any atom is 0.337 e. The fourth-order valence-corrected chi connectivity index (χ4v) is 2.97. The van der Waals surface area contributed by atoms with Gasteiger partial charge in [-0.2, -0.15) is 11.8 Å². The van der Waals surface area contributed by atoms with Gasteiger partial charge in [-0.05, 0) is 18.2 Å². The van der Waals surface area contributed by atoms with Crippen LogP contribution in [0.3, 0.4) is 0 Å². The molecule has 0 amide bonds. The van der Waals surface area contributed by atoms with Crippen molar-refractivity contribution in [1.29, 1.82) is 0 Å². The standard InChI is InChI=1S/C11H12N2O4S/c14-11(15)9-2-1-8(13(16)17)5-10(9)12-7-3-4-18-6-7/h1-2,5,7,12H,3-4,6H2,(H,14,15). The lowest BCUT2D eigenvalue weighted by atomic mass is 10.1. The van der Waals surface area contributed by atoms with E-state index in [9.17, 15) is 14.9 Å². The van der Waals surface area contributed by atoms with Gasteiger partial charge in [0.2, 0.25) is 0 Å². The molecule has 0 aliphatic carbocycles. The average molecular weight is 268 g/mol. The first-order chi connectivity index (χ1) is 8.58. The molecular formula is C11H12N2O4S. The number of aromatic carboxylic acids is 1. The van der Waals surface area contributed by atoms with Gasteiger partial charge in [0, 0.05) is 23.9 Å². The molecule has 0 radical (unpaired) electrons. The average Bonchev–Trinajstić information content (AvgIpc) is 2.81. The summed E-state index contributed by atoms with van der Waals surface area (Å²) in [5.74, 6) is 0.828. The van der Waals surface area contributed by atoms with Crippen LogP contribution in [0.2, 0.25) is 0 Å². The molecule has 2 rings (SSSR count). The third kappa shape index (κ3) is 2.73. The number of non-ortho nitro benzene ring substituents is 1. The maximum atomic E-state index is 11.1. The van der Waals surface area contributed by atoms with E-state index in [1.54, 1.807) is 11.8 Å². The highest BCUT2D eigenvalue weighted by atomic mass is 32.2. The summed E-state index contributed by atoms with van der Waals surface area (Å²) in [7, 11) is 0. The normalized spacial score (nSPS) is 18.6. The molecule has 0 bridgehead atoms. The number of thioether (sulfide) groups is 1. The predicted octanol–water partition coefficient (Wildman–Crippen LogP) is 2.21. The Bertz CT molecular complexity index is 486. The van der Waals surface area contributed by atoms with E-state index in [1.807, 2.05) is 0 Å². The first kappa shape index (κ1) is 12.7. The van der Waals surface area contributed by atoms with E-state index in [4.69, 9.17) is 5.11 Å². The van der Waals surface area contributed by atoms with E-state index >= 15 is 0 Å². The van der Waals surface area contributed by atoms with Crippen LogP contribution in [-0.2, 0) is 0 Å². The molecule has 0 spiro atoms. The number of nitrogens with one attached hydrogen (secondary N) is 1. The summed E-state index contributed by atoms with van der Waals surface area (Å²) in [5.41, 5.74) is 0.287. The number of carboxylic acid groups (broad SMARTS) is 1. The quantitative estimate of drug-likeness (QED) is 0.642. The second-order valence-electron chi connectivity index (χ2n) is 4.00. The molecule has 1 aromatic rings. The molecule has 6 nitrogen and oxygen atoms in total. The largest absolute Gasteiger partial charge is 0.478 e. The Labute approximate surface area is 108 Å². The van der Waals surface area contributed by atoms with Crippen LogP contribution in [-0.4, -0.2) is 33.5 Å². The molecule has 0 aromatic heterocycles. The van der Waals surface area contributed by atoms with Crippen LogP contribution in [0.4, 0.5) is 11.4 Å². The van der Waals surface area contributed by atoms with Crippen LogP contribution in [0.15, 0.2) is 18.2 Å². The minimum Gasteiger partial charge on any atom is -0.478 e. The van der Waals surface area contributed by atoms with Gasteiger partial charge in [0.25, 0.3) is 5.69 Å². The lowest BCUT2D eigenvalue weighted by Crippen LogP contribution is -2.20. The number of anilines is 1. The van der Waals surface area contributed by atoms with Gasteiger partial charge in [0.05, 0.1) is 16.2 Å². The maximum absolute atomic E-state index is 11.1. The first-order valence-electron chi connectivity index (χ1n) is 5.44. The number of nitro benzene ring substituents is 1. The molecule has 1 fully saturated rings. The van der Waals surface area contributed by atoms with Gasteiger partial charge in [0.1, 0.15) is 0 Å². The van der Waals surface area contributed by atoms with Crippen LogP contribution in [0, 0.1) is 10.1 Å². The number of carbonyl (C=O) groups is 1. The lowest BCUT2D eigenvalue weighted by Gasteiger charge is -2.14. The van der Waals surface area contributed by atoms with Crippen LogP contribution >= 0.6 is 11.8 Å². The van der Waals surface area contributed by atoms with Gasteiger partial charge >= 0.3 is 5.97 Å². The molecular weight excluding hydrogens is 256 g/mol. The number of benzene rings is 1. The molecule has 1 unspecified atom stereocenters.